The lowest BCUT2D eigenvalue weighted by atomic mass is 10.1. The van der Waals surface area contributed by atoms with Crippen LogP contribution in [-0.2, 0) is 11.3 Å². The molecule has 5 heteroatoms. The number of benzene rings is 2. The maximum absolute atomic E-state index is 12.8. The van der Waals surface area contributed by atoms with E-state index in [1.807, 2.05) is 23.1 Å². The van der Waals surface area contributed by atoms with Crippen LogP contribution in [0.4, 0.5) is 5.69 Å². The molecule has 1 saturated heterocycles. The van der Waals surface area contributed by atoms with Gasteiger partial charge in [0.05, 0.1) is 11.0 Å². The Hall–Kier alpha value is -2.27. The summed E-state index contributed by atoms with van der Waals surface area (Å²) < 4.78 is 2.33. The highest BCUT2D eigenvalue weighted by molar-refractivity contribution is 7.98. The van der Waals surface area contributed by atoms with Crippen molar-refractivity contribution in [3.05, 3.63) is 54.4 Å². The Morgan fingerprint density at radius 1 is 1.19 bits per heavy atom. The maximum Gasteiger partial charge on any atom is 0.227 e. The van der Waals surface area contributed by atoms with Crippen LogP contribution < -0.4 is 4.90 Å². The number of thioether (sulfide) groups is 1. The van der Waals surface area contributed by atoms with Gasteiger partial charge in [-0.25, -0.2) is 4.98 Å². The van der Waals surface area contributed by atoms with Gasteiger partial charge < -0.3 is 9.47 Å². The molecule has 1 atom stereocenters. The molecule has 0 spiro atoms. The fourth-order valence-corrected chi connectivity index (χ4v) is 4.32. The SMILES string of the molecule is CCCCn1c(C2CC(=O)N(c3cccc(SC)c3)C2)nc2ccccc21. The maximum atomic E-state index is 12.8. The van der Waals surface area contributed by atoms with Crippen molar-refractivity contribution in [2.75, 3.05) is 17.7 Å². The summed E-state index contributed by atoms with van der Waals surface area (Å²) in [7, 11) is 0. The number of aryl methyl sites for hydroxylation is 1. The van der Waals surface area contributed by atoms with E-state index >= 15 is 0 Å². The molecule has 4 rings (SSSR count). The zero-order valence-corrected chi connectivity index (χ0v) is 16.7. The van der Waals surface area contributed by atoms with Gasteiger partial charge in [0.2, 0.25) is 5.91 Å². The average Bonchev–Trinajstić information content (AvgIpc) is 3.27. The number of carbonyl (C=O) groups is 1. The number of nitrogens with zero attached hydrogens (tertiary/aromatic N) is 3. The number of imidazole rings is 1. The van der Waals surface area contributed by atoms with Crippen molar-refractivity contribution >= 4 is 34.4 Å². The first-order valence-corrected chi connectivity index (χ1v) is 10.8. The van der Waals surface area contributed by atoms with Crippen LogP contribution in [0.3, 0.4) is 0 Å². The molecule has 0 aliphatic carbocycles. The molecule has 1 unspecified atom stereocenters. The second kappa shape index (κ2) is 7.77. The Morgan fingerprint density at radius 2 is 2.04 bits per heavy atom. The molecule has 1 aliphatic rings. The van der Waals surface area contributed by atoms with Gasteiger partial charge in [-0.05, 0) is 43.0 Å². The standard InChI is InChI=1S/C22H25N3OS/c1-3-4-12-24-20-11-6-5-10-19(20)23-22(24)16-13-21(26)25(15-16)17-8-7-9-18(14-17)27-2/h5-11,14,16H,3-4,12-13,15H2,1-2H3. The van der Waals surface area contributed by atoms with Crippen LogP contribution in [0.5, 0.6) is 0 Å². The second-order valence-corrected chi connectivity index (χ2v) is 7.95. The molecule has 1 aromatic heterocycles. The third-order valence-corrected chi connectivity index (χ3v) is 6.00. The largest absolute Gasteiger partial charge is 0.328 e. The van der Waals surface area contributed by atoms with Gasteiger partial charge in [-0.15, -0.1) is 11.8 Å². The first-order valence-electron chi connectivity index (χ1n) is 9.61. The van der Waals surface area contributed by atoms with Crippen molar-refractivity contribution in [2.24, 2.45) is 0 Å². The number of unbranched alkanes of at least 4 members (excludes halogenated alkanes) is 1. The van der Waals surface area contributed by atoms with Crippen molar-refractivity contribution in [1.29, 1.82) is 0 Å². The highest BCUT2D eigenvalue weighted by Crippen LogP contribution is 2.34. The number of hydrogen-bond donors (Lipinski definition) is 0. The Kier molecular flexibility index (Phi) is 5.21. The minimum Gasteiger partial charge on any atom is -0.328 e. The lowest BCUT2D eigenvalue weighted by molar-refractivity contribution is -0.117. The number of para-hydroxylation sites is 2. The first-order chi connectivity index (χ1) is 13.2. The summed E-state index contributed by atoms with van der Waals surface area (Å²) in [6.45, 7) is 3.86. The predicted molar refractivity (Wildman–Crippen MR) is 113 cm³/mol. The summed E-state index contributed by atoms with van der Waals surface area (Å²) in [5.41, 5.74) is 3.20. The summed E-state index contributed by atoms with van der Waals surface area (Å²) in [4.78, 5) is 20.8. The smallest absolute Gasteiger partial charge is 0.227 e. The van der Waals surface area contributed by atoms with Crippen LogP contribution in [0, 0.1) is 0 Å². The molecule has 0 bridgehead atoms. The number of hydrogen-bond acceptors (Lipinski definition) is 3. The van der Waals surface area contributed by atoms with Gasteiger partial charge in [-0.1, -0.05) is 31.5 Å². The van der Waals surface area contributed by atoms with Gasteiger partial charge in [0.1, 0.15) is 5.82 Å². The number of carbonyl (C=O) groups excluding carboxylic acids is 1. The predicted octanol–water partition coefficient (Wildman–Crippen LogP) is 5.08. The van der Waals surface area contributed by atoms with Crippen molar-refractivity contribution in [1.82, 2.24) is 9.55 Å². The molecule has 27 heavy (non-hydrogen) atoms. The summed E-state index contributed by atoms with van der Waals surface area (Å²) in [6.07, 6.45) is 4.85. The van der Waals surface area contributed by atoms with E-state index in [2.05, 4.69) is 48.1 Å². The zero-order valence-electron chi connectivity index (χ0n) is 15.9. The molecular formula is C22H25N3OS. The van der Waals surface area contributed by atoms with Crippen LogP contribution in [-0.4, -0.2) is 28.3 Å². The van der Waals surface area contributed by atoms with Gasteiger partial charge in [-0.3, -0.25) is 4.79 Å². The topological polar surface area (TPSA) is 38.1 Å². The molecule has 0 N–H and O–H groups in total. The molecular weight excluding hydrogens is 354 g/mol. The van der Waals surface area contributed by atoms with Gasteiger partial charge in [-0.2, -0.15) is 0 Å². The molecule has 1 aliphatic heterocycles. The highest BCUT2D eigenvalue weighted by atomic mass is 32.2. The molecule has 3 aromatic rings. The molecule has 2 heterocycles. The minimum atomic E-state index is 0.139. The van der Waals surface area contributed by atoms with E-state index in [4.69, 9.17) is 4.98 Å². The van der Waals surface area contributed by atoms with Gasteiger partial charge in [0, 0.05) is 36.0 Å². The molecule has 0 saturated carbocycles. The van der Waals surface area contributed by atoms with E-state index in [1.165, 1.54) is 10.4 Å². The number of anilines is 1. The van der Waals surface area contributed by atoms with E-state index < -0.39 is 0 Å². The van der Waals surface area contributed by atoms with Crippen LogP contribution in [0.2, 0.25) is 0 Å². The van der Waals surface area contributed by atoms with E-state index in [-0.39, 0.29) is 11.8 Å². The fraction of sp³-hybridized carbons (Fsp3) is 0.364. The molecule has 4 nitrogen and oxygen atoms in total. The van der Waals surface area contributed by atoms with Crippen molar-refractivity contribution in [3.8, 4) is 0 Å². The fourth-order valence-electron chi connectivity index (χ4n) is 3.87. The monoisotopic (exact) mass is 379 g/mol. The van der Waals surface area contributed by atoms with Crippen molar-refractivity contribution < 1.29 is 4.79 Å². The number of amides is 1. The third-order valence-electron chi connectivity index (χ3n) is 5.27. The van der Waals surface area contributed by atoms with Crippen LogP contribution >= 0.6 is 11.8 Å². The normalized spacial score (nSPS) is 17.2. The average molecular weight is 380 g/mol. The Bertz CT molecular complexity index is 965. The van der Waals surface area contributed by atoms with Crippen LogP contribution in [0.1, 0.15) is 37.9 Å². The molecule has 1 amide bonds. The van der Waals surface area contributed by atoms with Crippen molar-refractivity contribution in [3.63, 3.8) is 0 Å². The lowest BCUT2D eigenvalue weighted by Crippen LogP contribution is -2.24. The lowest BCUT2D eigenvalue weighted by Gasteiger charge is -2.18. The number of rotatable bonds is 6. The summed E-state index contributed by atoms with van der Waals surface area (Å²) in [5.74, 6) is 1.38. The van der Waals surface area contributed by atoms with E-state index in [9.17, 15) is 4.79 Å². The Morgan fingerprint density at radius 3 is 2.85 bits per heavy atom. The minimum absolute atomic E-state index is 0.139. The zero-order chi connectivity index (χ0) is 18.8. The Balaban J connectivity index is 1.67. The molecule has 0 radical (unpaired) electrons. The number of aromatic nitrogens is 2. The van der Waals surface area contributed by atoms with Crippen molar-refractivity contribution in [2.45, 2.75) is 43.5 Å². The first kappa shape index (κ1) is 18.1. The molecule has 1 fully saturated rings. The van der Waals surface area contributed by atoms with Gasteiger partial charge in [0.15, 0.2) is 0 Å². The Labute approximate surface area is 164 Å². The van der Waals surface area contributed by atoms with E-state index in [1.54, 1.807) is 11.8 Å². The second-order valence-electron chi connectivity index (χ2n) is 7.07. The van der Waals surface area contributed by atoms with Crippen LogP contribution in [0.15, 0.2) is 53.4 Å². The third kappa shape index (κ3) is 3.48. The van der Waals surface area contributed by atoms with Gasteiger partial charge >= 0.3 is 0 Å². The van der Waals surface area contributed by atoms with Gasteiger partial charge in [0.25, 0.3) is 0 Å². The van der Waals surface area contributed by atoms with Crippen LogP contribution in [0.25, 0.3) is 11.0 Å². The summed E-state index contributed by atoms with van der Waals surface area (Å²) in [6, 6.07) is 16.5. The summed E-state index contributed by atoms with van der Waals surface area (Å²) in [5, 5.41) is 0. The van der Waals surface area contributed by atoms with E-state index in [0.717, 1.165) is 36.4 Å². The quantitative estimate of drug-likeness (QED) is 0.561. The molecule has 140 valence electrons. The summed E-state index contributed by atoms with van der Waals surface area (Å²) >= 11 is 1.70. The number of fused-ring (bicyclic) bond motifs is 1. The van der Waals surface area contributed by atoms with E-state index in [0.29, 0.717) is 13.0 Å². The highest BCUT2D eigenvalue weighted by Gasteiger charge is 2.34. The molecule has 2 aromatic carbocycles.